The van der Waals surface area contributed by atoms with Crippen LogP contribution in [0, 0.1) is 27.7 Å². The quantitative estimate of drug-likeness (QED) is 0.734. The average Bonchev–Trinajstić information content (AvgIpc) is 3.16. The van der Waals surface area contributed by atoms with E-state index < -0.39 is 0 Å². The summed E-state index contributed by atoms with van der Waals surface area (Å²) >= 11 is 3.52. The SMILES string of the molecule is Cc1cc(C(=O)CCN2CCC(c3cc(C)sc3C)=N2)c(C)s1. The number of hydrazone groups is 1. The minimum absolute atomic E-state index is 0.234. The fraction of sp³-hybridized carbons (Fsp3) is 0.444. The Bertz CT molecular complexity index is 770. The molecule has 0 aromatic carbocycles. The van der Waals surface area contributed by atoms with Crippen LogP contribution in [0.1, 0.15) is 48.3 Å². The maximum atomic E-state index is 12.4. The standard InChI is InChI=1S/C18H22N2OS2/c1-11-9-15(13(3)22-11)17-5-7-20(19-17)8-6-18(21)16-10-12(2)23-14(16)4/h9-10H,5-8H2,1-4H3. The summed E-state index contributed by atoms with van der Waals surface area (Å²) in [6.07, 6.45) is 1.51. The number of carbonyl (C=O) groups is 1. The van der Waals surface area contributed by atoms with E-state index in [0.29, 0.717) is 13.0 Å². The van der Waals surface area contributed by atoms with Crippen LogP contribution in [0.2, 0.25) is 0 Å². The van der Waals surface area contributed by atoms with Crippen LogP contribution in [0.5, 0.6) is 0 Å². The molecule has 0 aliphatic carbocycles. The van der Waals surface area contributed by atoms with Crippen molar-refractivity contribution in [2.75, 3.05) is 13.1 Å². The lowest BCUT2D eigenvalue weighted by Gasteiger charge is -2.12. The molecule has 3 heterocycles. The third-order valence-electron chi connectivity index (χ3n) is 4.16. The van der Waals surface area contributed by atoms with Gasteiger partial charge in [0.15, 0.2) is 5.78 Å². The van der Waals surface area contributed by atoms with Crippen molar-refractivity contribution in [2.24, 2.45) is 5.10 Å². The van der Waals surface area contributed by atoms with Gasteiger partial charge in [0.25, 0.3) is 0 Å². The second-order valence-electron chi connectivity index (χ2n) is 6.08. The van der Waals surface area contributed by atoms with Crippen LogP contribution in [0.15, 0.2) is 17.2 Å². The van der Waals surface area contributed by atoms with Gasteiger partial charge >= 0.3 is 0 Å². The predicted molar refractivity (Wildman–Crippen MR) is 99.3 cm³/mol. The van der Waals surface area contributed by atoms with Crippen molar-refractivity contribution in [2.45, 2.75) is 40.5 Å². The highest BCUT2D eigenvalue weighted by atomic mass is 32.1. The fourth-order valence-electron chi connectivity index (χ4n) is 3.05. The van der Waals surface area contributed by atoms with Gasteiger partial charge in [-0.1, -0.05) is 0 Å². The van der Waals surface area contributed by atoms with Crippen molar-refractivity contribution in [3.05, 3.63) is 42.8 Å². The Hall–Kier alpha value is -1.46. The normalized spacial score (nSPS) is 14.4. The van der Waals surface area contributed by atoms with E-state index in [1.807, 2.05) is 29.3 Å². The van der Waals surface area contributed by atoms with Crippen molar-refractivity contribution in [3.8, 4) is 0 Å². The van der Waals surface area contributed by atoms with Crippen molar-refractivity contribution in [1.29, 1.82) is 0 Å². The summed E-state index contributed by atoms with van der Waals surface area (Å²) in [7, 11) is 0. The maximum absolute atomic E-state index is 12.4. The van der Waals surface area contributed by atoms with E-state index in [1.165, 1.54) is 25.9 Å². The molecule has 0 fully saturated rings. The number of hydrogen-bond donors (Lipinski definition) is 0. The largest absolute Gasteiger partial charge is 0.296 e. The average molecular weight is 347 g/mol. The number of Topliss-reactive ketones (excluding diaryl/α,β-unsaturated/α-hetero) is 1. The number of thiophene rings is 2. The molecule has 0 saturated carbocycles. The number of carbonyl (C=O) groups excluding carboxylic acids is 1. The van der Waals surface area contributed by atoms with Crippen molar-refractivity contribution >= 4 is 34.2 Å². The molecule has 2 aromatic heterocycles. The summed E-state index contributed by atoms with van der Waals surface area (Å²) in [5, 5.41) is 6.78. The van der Waals surface area contributed by atoms with Crippen LogP contribution < -0.4 is 0 Å². The van der Waals surface area contributed by atoms with Gasteiger partial charge in [0, 0.05) is 56.6 Å². The molecule has 1 aliphatic heterocycles. The number of ketones is 1. The number of nitrogens with zero attached hydrogens (tertiary/aromatic N) is 2. The fourth-order valence-corrected chi connectivity index (χ4v) is 4.94. The third kappa shape index (κ3) is 3.56. The molecule has 5 heteroatoms. The Morgan fingerprint density at radius 3 is 2.43 bits per heavy atom. The smallest absolute Gasteiger partial charge is 0.165 e. The zero-order valence-corrected chi connectivity index (χ0v) is 15.7. The molecule has 0 saturated heterocycles. The van der Waals surface area contributed by atoms with E-state index in [1.54, 1.807) is 11.3 Å². The van der Waals surface area contributed by atoms with Gasteiger partial charge in [-0.3, -0.25) is 9.80 Å². The van der Waals surface area contributed by atoms with Crippen molar-refractivity contribution < 1.29 is 4.79 Å². The molecule has 122 valence electrons. The van der Waals surface area contributed by atoms with Gasteiger partial charge in [0.1, 0.15) is 0 Å². The van der Waals surface area contributed by atoms with Gasteiger partial charge in [-0.05, 0) is 39.8 Å². The summed E-state index contributed by atoms with van der Waals surface area (Å²) in [6, 6.07) is 4.24. The molecule has 0 spiro atoms. The molecule has 0 radical (unpaired) electrons. The lowest BCUT2D eigenvalue weighted by molar-refractivity contribution is 0.0967. The first kappa shape index (κ1) is 16.4. The highest BCUT2D eigenvalue weighted by Crippen LogP contribution is 2.25. The maximum Gasteiger partial charge on any atom is 0.165 e. The first-order valence-electron chi connectivity index (χ1n) is 7.94. The van der Waals surface area contributed by atoms with Crippen LogP contribution >= 0.6 is 22.7 Å². The molecule has 1 aliphatic rings. The second-order valence-corrected chi connectivity index (χ2v) is 9.00. The first-order chi connectivity index (χ1) is 10.9. The van der Waals surface area contributed by atoms with Crippen LogP contribution in [-0.4, -0.2) is 29.6 Å². The molecule has 3 nitrogen and oxygen atoms in total. The first-order valence-corrected chi connectivity index (χ1v) is 9.57. The Kier molecular flexibility index (Phi) is 4.69. The molecule has 3 rings (SSSR count). The zero-order chi connectivity index (χ0) is 16.6. The lowest BCUT2D eigenvalue weighted by Crippen LogP contribution is -2.18. The Morgan fingerprint density at radius 2 is 1.83 bits per heavy atom. The minimum atomic E-state index is 0.234. The zero-order valence-electron chi connectivity index (χ0n) is 14.1. The number of aryl methyl sites for hydroxylation is 4. The monoisotopic (exact) mass is 346 g/mol. The highest BCUT2D eigenvalue weighted by molar-refractivity contribution is 7.12. The summed E-state index contributed by atoms with van der Waals surface area (Å²) in [4.78, 5) is 17.4. The lowest BCUT2D eigenvalue weighted by atomic mass is 10.1. The van der Waals surface area contributed by atoms with Crippen LogP contribution in [-0.2, 0) is 0 Å². The second kappa shape index (κ2) is 6.57. The van der Waals surface area contributed by atoms with Crippen LogP contribution in [0.25, 0.3) is 0 Å². The molecule has 0 bridgehead atoms. The van der Waals surface area contributed by atoms with Gasteiger partial charge in [0.2, 0.25) is 0 Å². The molecular formula is C18H22N2OS2. The predicted octanol–water partition coefficient (Wildman–Crippen LogP) is 4.73. The Balaban J connectivity index is 1.63. The molecule has 0 unspecified atom stereocenters. The minimum Gasteiger partial charge on any atom is -0.296 e. The summed E-state index contributed by atoms with van der Waals surface area (Å²) < 4.78 is 0. The van der Waals surface area contributed by atoms with E-state index in [0.717, 1.165) is 23.4 Å². The van der Waals surface area contributed by atoms with E-state index >= 15 is 0 Å². The summed E-state index contributed by atoms with van der Waals surface area (Å²) in [5.41, 5.74) is 3.34. The molecule has 23 heavy (non-hydrogen) atoms. The topological polar surface area (TPSA) is 32.7 Å². The highest BCUT2D eigenvalue weighted by Gasteiger charge is 2.20. The molecule has 2 aromatic rings. The van der Waals surface area contributed by atoms with Crippen molar-refractivity contribution in [1.82, 2.24) is 5.01 Å². The van der Waals surface area contributed by atoms with Gasteiger partial charge in [-0.15, -0.1) is 22.7 Å². The Labute approximate surface area is 145 Å². The van der Waals surface area contributed by atoms with E-state index in [4.69, 9.17) is 5.10 Å². The number of rotatable bonds is 5. The number of hydrogen-bond acceptors (Lipinski definition) is 5. The summed E-state index contributed by atoms with van der Waals surface area (Å²) in [6.45, 7) is 9.99. The Morgan fingerprint density at radius 1 is 1.13 bits per heavy atom. The van der Waals surface area contributed by atoms with Gasteiger partial charge in [-0.25, -0.2) is 0 Å². The molecule has 0 atom stereocenters. The van der Waals surface area contributed by atoms with Gasteiger partial charge < -0.3 is 0 Å². The van der Waals surface area contributed by atoms with Gasteiger partial charge in [-0.2, -0.15) is 5.10 Å². The van der Waals surface area contributed by atoms with Crippen LogP contribution in [0.3, 0.4) is 0 Å². The van der Waals surface area contributed by atoms with Crippen molar-refractivity contribution in [3.63, 3.8) is 0 Å². The molecule has 0 amide bonds. The molecular weight excluding hydrogens is 324 g/mol. The summed E-state index contributed by atoms with van der Waals surface area (Å²) in [5.74, 6) is 0.234. The van der Waals surface area contributed by atoms with Gasteiger partial charge in [0.05, 0.1) is 5.71 Å². The van der Waals surface area contributed by atoms with E-state index in [9.17, 15) is 4.79 Å². The third-order valence-corrected chi connectivity index (χ3v) is 6.09. The van der Waals surface area contributed by atoms with E-state index in [2.05, 4.69) is 26.8 Å². The van der Waals surface area contributed by atoms with Crippen LogP contribution in [0.4, 0.5) is 0 Å². The molecule has 0 N–H and O–H groups in total. The van der Waals surface area contributed by atoms with E-state index in [-0.39, 0.29) is 5.78 Å².